The Morgan fingerprint density at radius 2 is 2.00 bits per heavy atom. The first-order valence-electron chi connectivity index (χ1n) is 7.27. The van der Waals surface area contributed by atoms with E-state index in [-0.39, 0.29) is 6.10 Å². The Hall–Kier alpha value is -0.120. The summed E-state index contributed by atoms with van der Waals surface area (Å²) in [6.07, 6.45) is 6.08. The van der Waals surface area contributed by atoms with Crippen molar-refractivity contribution in [3.8, 4) is 0 Å². The van der Waals surface area contributed by atoms with Crippen LogP contribution in [0.15, 0.2) is 0 Å². The van der Waals surface area contributed by atoms with Gasteiger partial charge < -0.3 is 14.7 Å². The van der Waals surface area contributed by atoms with Crippen molar-refractivity contribution in [1.82, 2.24) is 4.90 Å². The highest BCUT2D eigenvalue weighted by atomic mass is 16.5. The maximum Gasteiger partial charge on any atom is 0.0624 e. The summed E-state index contributed by atoms with van der Waals surface area (Å²) >= 11 is 0. The highest BCUT2D eigenvalue weighted by molar-refractivity contribution is 4.79. The number of ether oxygens (including phenoxy) is 1. The van der Waals surface area contributed by atoms with Crippen molar-refractivity contribution in [3.05, 3.63) is 0 Å². The first kappa shape index (κ1) is 13.3. The topological polar surface area (TPSA) is 32.7 Å². The Bertz CT molecular complexity index is 214. The van der Waals surface area contributed by atoms with Crippen LogP contribution >= 0.6 is 0 Å². The van der Waals surface area contributed by atoms with Crippen molar-refractivity contribution in [2.75, 3.05) is 32.8 Å². The van der Waals surface area contributed by atoms with Crippen molar-refractivity contribution >= 4 is 0 Å². The molecule has 0 bridgehead atoms. The van der Waals surface area contributed by atoms with Crippen LogP contribution in [0.4, 0.5) is 0 Å². The molecule has 2 heterocycles. The average molecular weight is 241 g/mol. The van der Waals surface area contributed by atoms with Crippen molar-refractivity contribution in [2.24, 2.45) is 11.8 Å². The van der Waals surface area contributed by atoms with E-state index in [0.717, 1.165) is 32.1 Å². The molecule has 0 aromatic carbocycles. The lowest BCUT2D eigenvalue weighted by Crippen LogP contribution is -2.43. The number of nitrogens with zero attached hydrogens (tertiary/aromatic N) is 1. The lowest BCUT2D eigenvalue weighted by Gasteiger charge is -2.36. The third-order valence-electron chi connectivity index (χ3n) is 4.33. The molecule has 0 aromatic heterocycles. The number of hydrogen-bond acceptors (Lipinski definition) is 3. The van der Waals surface area contributed by atoms with E-state index in [1.165, 1.54) is 38.8 Å². The maximum atomic E-state index is 9.93. The standard InChI is InChI=1S/C14H27NO2/c1-2-3-12-4-7-15(8-5-12)10-13-11-17-9-6-14(13)16/h12-14,16H,2-11H2,1H3. The number of aliphatic hydroxyl groups is 1. The van der Waals surface area contributed by atoms with Gasteiger partial charge in [0.1, 0.15) is 0 Å². The van der Waals surface area contributed by atoms with E-state index in [1.54, 1.807) is 0 Å². The Balaban J connectivity index is 1.70. The molecule has 2 unspecified atom stereocenters. The Kier molecular flexibility index (Phi) is 5.26. The van der Waals surface area contributed by atoms with E-state index in [9.17, 15) is 5.11 Å². The smallest absolute Gasteiger partial charge is 0.0624 e. The summed E-state index contributed by atoms with van der Waals surface area (Å²) in [6.45, 7) is 7.22. The van der Waals surface area contributed by atoms with Crippen LogP contribution < -0.4 is 0 Å². The van der Waals surface area contributed by atoms with Crippen molar-refractivity contribution in [2.45, 2.75) is 45.1 Å². The summed E-state index contributed by atoms with van der Waals surface area (Å²) in [6, 6.07) is 0. The molecule has 0 spiro atoms. The van der Waals surface area contributed by atoms with Gasteiger partial charge in [-0.1, -0.05) is 19.8 Å². The molecular formula is C14H27NO2. The molecule has 2 atom stereocenters. The second-order valence-corrected chi connectivity index (χ2v) is 5.72. The molecule has 2 fully saturated rings. The van der Waals surface area contributed by atoms with Gasteiger partial charge in [-0.2, -0.15) is 0 Å². The van der Waals surface area contributed by atoms with Gasteiger partial charge in [0.05, 0.1) is 12.7 Å². The van der Waals surface area contributed by atoms with E-state index in [0.29, 0.717) is 5.92 Å². The molecule has 2 aliphatic heterocycles. The van der Waals surface area contributed by atoms with E-state index in [4.69, 9.17) is 4.74 Å². The van der Waals surface area contributed by atoms with Gasteiger partial charge in [-0.25, -0.2) is 0 Å². The minimum absolute atomic E-state index is 0.142. The molecule has 2 saturated heterocycles. The third-order valence-corrected chi connectivity index (χ3v) is 4.33. The first-order valence-corrected chi connectivity index (χ1v) is 7.27. The normalized spacial score (nSPS) is 32.8. The van der Waals surface area contributed by atoms with Crippen molar-refractivity contribution in [1.29, 1.82) is 0 Å². The fraction of sp³-hybridized carbons (Fsp3) is 1.00. The predicted octanol–water partition coefficient (Wildman–Crippen LogP) is 1.90. The monoisotopic (exact) mass is 241 g/mol. The average Bonchev–Trinajstić information content (AvgIpc) is 2.35. The largest absolute Gasteiger partial charge is 0.393 e. The minimum atomic E-state index is -0.142. The van der Waals surface area contributed by atoms with Crippen LogP contribution in [0.3, 0.4) is 0 Å². The number of piperidine rings is 1. The van der Waals surface area contributed by atoms with Gasteiger partial charge in [-0.15, -0.1) is 0 Å². The predicted molar refractivity (Wildman–Crippen MR) is 69.0 cm³/mol. The molecule has 0 amide bonds. The SMILES string of the molecule is CCCC1CCN(CC2COCCC2O)CC1. The summed E-state index contributed by atoms with van der Waals surface area (Å²) in [4.78, 5) is 2.52. The summed E-state index contributed by atoms with van der Waals surface area (Å²) in [5.74, 6) is 1.29. The van der Waals surface area contributed by atoms with Gasteiger partial charge in [0.15, 0.2) is 0 Å². The van der Waals surface area contributed by atoms with Gasteiger partial charge >= 0.3 is 0 Å². The number of aliphatic hydroxyl groups excluding tert-OH is 1. The highest BCUT2D eigenvalue weighted by Crippen LogP contribution is 2.24. The van der Waals surface area contributed by atoms with Gasteiger partial charge in [-0.05, 0) is 38.3 Å². The lowest BCUT2D eigenvalue weighted by molar-refractivity contribution is -0.0492. The molecule has 1 N–H and O–H groups in total. The molecule has 0 aromatic rings. The lowest BCUT2D eigenvalue weighted by atomic mass is 9.91. The molecule has 17 heavy (non-hydrogen) atoms. The van der Waals surface area contributed by atoms with Gasteiger partial charge in [0, 0.05) is 19.1 Å². The second kappa shape index (κ2) is 6.72. The first-order chi connectivity index (χ1) is 8.29. The molecule has 2 aliphatic rings. The van der Waals surface area contributed by atoms with E-state index >= 15 is 0 Å². The summed E-state index contributed by atoms with van der Waals surface area (Å²) < 4.78 is 5.47. The number of hydrogen-bond donors (Lipinski definition) is 1. The van der Waals surface area contributed by atoms with Crippen LogP contribution in [0.5, 0.6) is 0 Å². The van der Waals surface area contributed by atoms with Crippen molar-refractivity contribution in [3.63, 3.8) is 0 Å². The maximum absolute atomic E-state index is 9.93. The van der Waals surface area contributed by atoms with Crippen LogP contribution in [-0.2, 0) is 4.74 Å². The van der Waals surface area contributed by atoms with E-state index in [1.807, 2.05) is 0 Å². The van der Waals surface area contributed by atoms with Crippen LogP contribution in [0, 0.1) is 11.8 Å². The van der Waals surface area contributed by atoms with E-state index < -0.39 is 0 Å². The molecule has 0 saturated carbocycles. The molecule has 3 heteroatoms. The molecule has 0 radical (unpaired) electrons. The van der Waals surface area contributed by atoms with Gasteiger partial charge in [0.2, 0.25) is 0 Å². The summed E-state index contributed by atoms with van der Waals surface area (Å²) in [5, 5.41) is 9.93. The Morgan fingerprint density at radius 3 is 2.65 bits per heavy atom. The highest BCUT2D eigenvalue weighted by Gasteiger charge is 2.27. The Morgan fingerprint density at radius 1 is 1.24 bits per heavy atom. The zero-order valence-electron chi connectivity index (χ0n) is 11.1. The third kappa shape index (κ3) is 3.94. The molecule has 2 rings (SSSR count). The van der Waals surface area contributed by atoms with Crippen LogP contribution in [0.25, 0.3) is 0 Å². The quantitative estimate of drug-likeness (QED) is 0.816. The second-order valence-electron chi connectivity index (χ2n) is 5.72. The van der Waals surface area contributed by atoms with Crippen molar-refractivity contribution < 1.29 is 9.84 Å². The zero-order chi connectivity index (χ0) is 12.1. The molecule has 100 valence electrons. The fourth-order valence-corrected chi connectivity index (χ4v) is 3.16. The molecule has 0 aliphatic carbocycles. The van der Waals surface area contributed by atoms with Crippen LogP contribution in [0.1, 0.15) is 39.0 Å². The number of rotatable bonds is 4. The summed E-state index contributed by atoms with van der Waals surface area (Å²) in [5.41, 5.74) is 0. The van der Waals surface area contributed by atoms with Gasteiger partial charge in [-0.3, -0.25) is 0 Å². The number of likely N-dealkylation sites (tertiary alicyclic amines) is 1. The van der Waals surface area contributed by atoms with Crippen LogP contribution in [-0.4, -0.2) is 49.0 Å². The Labute approximate surface area is 105 Å². The summed E-state index contributed by atoms with van der Waals surface area (Å²) in [7, 11) is 0. The molecular weight excluding hydrogens is 214 g/mol. The minimum Gasteiger partial charge on any atom is -0.393 e. The zero-order valence-corrected chi connectivity index (χ0v) is 11.1. The van der Waals surface area contributed by atoms with Crippen LogP contribution in [0.2, 0.25) is 0 Å². The molecule has 3 nitrogen and oxygen atoms in total. The van der Waals surface area contributed by atoms with Gasteiger partial charge in [0.25, 0.3) is 0 Å². The fourth-order valence-electron chi connectivity index (χ4n) is 3.16. The van der Waals surface area contributed by atoms with E-state index in [2.05, 4.69) is 11.8 Å².